The molecule has 1 aromatic heterocycles. The van der Waals surface area contributed by atoms with Crippen molar-refractivity contribution in [2.24, 2.45) is 0 Å². The third kappa shape index (κ3) is 2.86. The fourth-order valence-corrected chi connectivity index (χ4v) is 4.32. The van der Waals surface area contributed by atoms with Crippen LogP contribution in [-0.4, -0.2) is 31.2 Å². The molecule has 0 saturated heterocycles. The van der Waals surface area contributed by atoms with Crippen LogP contribution in [0.15, 0.2) is 39.1 Å². The quantitative estimate of drug-likeness (QED) is 0.480. The average Bonchev–Trinajstić information content (AvgIpc) is 2.93. The summed E-state index contributed by atoms with van der Waals surface area (Å²) < 4.78 is 1.70. The molecule has 22 heavy (non-hydrogen) atoms. The predicted octanol–water partition coefficient (Wildman–Crippen LogP) is 2.29. The number of thioether (sulfide) groups is 2. The first-order chi connectivity index (χ1) is 10.6. The number of fused-ring (bicyclic) bond motifs is 1. The first-order valence-corrected chi connectivity index (χ1v) is 8.49. The Morgan fingerprint density at radius 1 is 1.41 bits per heavy atom. The lowest BCUT2D eigenvalue weighted by Gasteiger charge is -2.12. The topological polar surface area (TPSA) is 90.9 Å². The lowest BCUT2D eigenvalue weighted by Crippen LogP contribution is -2.28. The second-order valence-corrected chi connectivity index (χ2v) is 6.85. The minimum Gasteiger partial charge on any atom is -0.280 e. The van der Waals surface area contributed by atoms with Crippen molar-refractivity contribution >= 4 is 29.2 Å². The summed E-state index contributed by atoms with van der Waals surface area (Å²) in [6, 6.07) is 6.49. The van der Waals surface area contributed by atoms with E-state index in [0.717, 1.165) is 10.6 Å². The Morgan fingerprint density at radius 3 is 2.82 bits per heavy atom. The van der Waals surface area contributed by atoms with Crippen LogP contribution in [0.25, 0.3) is 0 Å². The van der Waals surface area contributed by atoms with Crippen molar-refractivity contribution in [2.75, 3.05) is 11.5 Å². The highest BCUT2D eigenvalue weighted by atomic mass is 32.2. The van der Waals surface area contributed by atoms with E-state index in [1.54, 1.807) is 35.4 Å². The van der Waals surface area contributed by atoms with Crippen LogP contribution in [0.5, 0.6) is 0 Å². The number of benzene rings is 1. The first-order valence-electron chi connectivity index (χ1n) is 6.52. The minimum absolute atomic E-state index is 0.0573. The van der Waals surface area contributed by atoms with E-state index >= 15 is 0 Å². The van der Waals surface area contributed by atoms with E-state index in [0.29, 0.717) is 16.6 Å². The molecule has 1 atom stereocenters. The van der Waals surface area contributed by atoms with Gasteiger partial charge < -0.3 is 0 Å². The summed E-state index contributed by atoms with van der Waals surface area (Å²) in [7, 11) is 0. The summed E-state index contributed by atoms with van der Waals surface area (Å²) in [6.45, 7) is 1.66. The lowest BCUT2D eigenvalue weighted by atomic mass is 10.3. The van der Waals surface area contributed by atoms with Gasteiger partial charge in [-0.25, -0.2) is 0 Å². The SMILES string of the molecule is Cc1nnc2n(c1=O)C(CSc1ccc([N+](=O)[O-])cc1)CS2. The van der Waals surface area contributed by atoms with E-state index in [4.69, 9.17) is 0 Å². The highest BCUT2D eigenvalue weighted by Gasteiger charge is 2.26. The van der Waals surface area contributed by atoms with E-state index in [1.807, 2.05) is 0 Å². The van der Waals surface area contributed by atoms with Crippen LogP contribution in [-0.2, 0) is 0 Å². The maximum absolute atomic E-state index is 12.2. The largest absolute Gasteiger partial charge is 0.280 e. The number of aromatic nitrogens is 3. The first kappa shape index (κ1) is 15.0. The summed E-state index contributed by atoms with van der Waals surface area (Å²) in [5.74, 6) is 1.50. The van der Waals surface area contributed by atoms with Crippen LogP contribution in [0.3, 0.4) is 0 Å². The van der Waals surface area contributed by atoms with Gasteiger partial charge in [0, 0.05) is 28.5 Å². The van der Waals surface area contributed by atoms with Gasteiger partial charge >= 0.3 is 0 Å². The molecule has 9 heteroatoms. The van der Waals surface area contributed by atoms with Gasteiger partial charge in [0.05, 0.1) is 11.0 Å². The zero-order chi connectivity index (χ0) is 15.7. The molecule has 114 valence electrons. The molecule has 2 aromatic rings. The predicted molar refractivity (Wildman–Crippen MR) is 84.6 cm³/mol. The number of nitrogens with zero attached hydrogens (tertiary/aromatic N) is 4. The summed E-state index contributed by atoms with van der Waals surface area (Å²) in [4.78, 5) is 23.3. The molecule has 1 aliphatic heterocycles. The number of nitro groups is 1. The molecule has 0 radical (unpaired) electrons. The van der Waals surface area contributed by atoms with E-state index in [-0.39, 0.29) is 17.3 Å². The van der Waals surface area contributed by atoms with Gasteiger partial charge in [0.1, 0.15) is 5.69 Å². The number of hydrogen-bond acceptors (Lipinski definition) is 7. The number of rotatable bonds is 4. The average molecular weight is 336 g/mol. The third-order valence-corrected chi connectivity index (χ3v) is 5.52. The van der Waals surface area contributed by atoms with Crippen LogP contribution < -0.4 is 5.56 Å². The highest BCUT2D eigenvalue weighted by Crippen LogP contribution is 2.33. The second-order valence-electron chi connectivity index (χ2n) is 4.77. The Kier molecular flexibility index (Phi) is 4.16. The molecular weight excluding hydrogens is 324 g/mol. The molecule has 0 bridgehead atoms. The van der Waals surface area contributed by atoms with Gasteiger partial charge in [0.25, 0.3) is 11.2 Å². The summed E-state index contributed by atoms with van der Waals surface area (Å²) in [5, 5.41) is 19.2. The molecule has 0 saturated carbocycles. The molecule has 0 amide bonds. The standard InChI is InChI=1S/C13H12N4O3S2/c1-8-12(18)16-10(7-22-13(16)15-14-8)6-21-11-4-2-9(3-5-11)17(19)20/h2-5,10H,6-7H2,1H3. The van der Waals surface area contributed by atoms with Crippen LogP contribution >= 0.6 is 23.5 Å². The number of aryl methyl sites for hydroxylation is 1. The van der Waals surface area contributed by atoms with E-state index < -0.39 is 4.92 Å². The van der Waals surface area contributed by atoms with Crippen LogP contribution in [0.1, 0.15) is 11.7 Å². The number of non-ortho nitro benzene ring substituents is 1. The maximum Gasteiger partial charge on any atom is 0.276 e. The number of nitro benzene ring substituents is 1. The van der Waals surface area contributed by atoms with Crippen molar-refractivity contribution in [1.82, 2.24) is 14.8 Å². The summed E-state index contributed by atoms with van der Waals surface area (Å²) in [6.07, 6.45) is 0. The highest BCUT2D eigenvalue weighted by molar-refractivity contribution is 8.00. The zero-order valence-electron chi connectivity index (χ0n) is 11.6. The third-order valence-electron chi connectivity index (χ3n) is 3.28. The smallest absolute Gasteiger partial charge is 0.276 e. The molecule has 1 unspecified atom stereocenters. The van der Waals surface area contributed by atoms with Crippen molar-refractivity contribution in [3.05, 3.63) is 50.4 Å². The normalized spacial score (nSPS) is 16.5. The van der Waals surface area contributed by atoms with Crippen molar-refractivity contribution in [2.45, 2.75) is 23.0 Å². The van der Waals surface area contributed by atoms with E-state index in [2.05, 4.69) is 10.2 Å². The maximum atomic E-state index is 12.2. The molecule has 1 aromatic carbocycles. The Hall–Kier alpha value is -1.87. The van der Waals surface area contributed by atoms with E-state index in [1.165, 1.54) is 23.9 Å². The Bertz CT molecular complexity index is 776. The molecule has 0 N–H and O–H groups in total. The summed E-state index contributed by atoms with van der Waals surface area (Å²) in [5.41, 5.74) is 0.383. The second kappa shape index (κ2) is 6.09. The summed E-state index contributed by atoms with van der Waals surface area (Å²) >= 11 is 3.10. The van der Waals surface area contributed by atoms with Gasteiger partial charge in [0.15, 0.2) is 5.16 Å². The minimum atomic E-state index is -0.417. The van der Waals surface area contributed by atoms with Crippen LogP contribution in [0, 0.1) is 17.0 Å². The molecular formula is C13H12N4O3S2. The Labute approximate surface area is 134 Å². The van der Waals surface area contributed by atoms with Gasteiger partial charge in [-0.15, -0.1) is 22.0 Å². The van der Waals surface area contributed by atoms with Crippen LogP contribution in [0.2, 0.25) is 0 Å². The molecule has 1 aliphatic rings. The van der Waals surface area contributed by atoms with Crippen LogP contribution in [0.4, 0.5) is 5.69 Å². The fourth-order valence-electron chi connectivity index (χ4n) is 2.11. The molecule has 3 rings (SSSR count). The van der Waals surface area contributed by atoms with Crippen molar-refractivity contribution in [3.8, 4) is 0 Å². The van der Waals surface area contributed by atoms with Gasteiger partial charge in [0.2, 0.25) is 0 Å². The molecule has 2 heterocycles. The lowest BCUT2D eigenvalue weighted by molar-refractivity contribution is -0.384. The van der Waals surface area contributed by atoms with Gasteiger partial charge in [-0.05, 0) is 19.1 Å². The zero-order valence-corrected chi connectivity index (χ0v) is 13.3. The molecule has 7 nitrogen and oxygen atoms in total. The van der Waals surface area contributed by atoms with Crippen molar-refractivity contribution in [1.29, 1.82) is 0 Å². The van der Waals surface area contributed by atoms with Gasteiger partial charge in [-0.2, -0.15) is 0 Å². The number of hydrogen-bond donors (Lipinski definition) is 0. The molecule has 0 fully saturated rings. The molecule has 0 spiro atoms. The monoisotopic (exact) mass is 336 g/mol. The van der Waals surface area contributed by atoms with Gasteiger partial charge in [-0.3, -0.25) is 19.5 Å². The Balaban J connectivity index is 1.73. The van der Waals surface area contributed by atoms with Crippen molar-refractivity contribution < 1.29 is 4.92 Å². The molecule has 0 aliphatic carbocycles. The Morgan fingerprint density at radius 2 is 2.14 bits per heavy atom. The van der Waals surface area contributed by atoms with Crippen molar-refractivity contribution in [3.63, 3.8) is 0 Å². The fraction of sp³-hybridized carbons (Fsp3) is 0.308. The van der Waals surface area contributed by atoms with Gasteiger partial charge in [-0.1, -0.05) is 11.8 Å². The van der Waals surface area contributed by atoms with E-state index in [9.17, 15) is 14.9 Å².